The van der Waals surface area contributed by atoms with E-state index < -0.39 is 0 Å². The first kappa shape index (κ1) is 36.9. The Morgan fingerprint density at radius 1 is 0.292 bits per heavy atom. The zero-order chi connectivity index (χ0) is 42.8. The molecule has 0 aliphatic carbocycles. The first-order valence-corrected chi connectivity index (χ1v) is 22.2. The second-order valence-corrected chi connectivity index (χ2v) is 16.9. The molecule has 0 saturated heterocycles. The number of para-hydroxylation sites is 2. The Kier molecular flexibility index (Phi) is 8.53. The molecule has 0 fully saturated rings. The van der Waals surface area contributed by atoms with Crippen molar-refractivity contribution in [3.8, 4) is 44.5 Å². The summed E-state index contributed by atoms with van der Waals surface area (Å²) in [5, 5.41) is 8.68. The van der Waals surface area contributed by atoms with E-state index in [-0.39, 0.29) is 0 Å². The topological polar surface area (TPSA) is 20.8 Å². The molecule has 0 radical (unpaired) electrons. The lowest BCUT2D eigenvalue weighted by atomic mass is 9.93. The predicted molar refractivity (Wildman–Crippen MR) is 274 cm³/mol. The molecule has 304 valence electrons. The monoisotopic (exact) mass is 828 g/mol. The first-order chi connectivity index (χ1) is 32.2. The van der Waals surface area contributed by atoms with Gasteiger partial charge >= 0.3 is 0 Å². The van der Waals surface area contributed by atoms with Crippen LogP contribution in [0, 0.1) is 0 Å². The molecule has 0 unspecified atom stereocenters. The van der Waals surface area contributed by atoms with Gasteiger partial charge in [0.05, 0.1) is 16.6 Å². The maximum Gasteiger partial charge on any atom is 0.213 e. The van der Waals surface area contributed by atoms with Gasteiger partial charge in [-0.2, -0.15) is 0 Å². The van der Waals surface area contributed by atoms with E-state index in [0.717, 1.165) is 72.8 Å². The van der Waals surface area contributed by atoms with E-state index in [1.165, 1.54) is 48.8 Å². The van der Waals surface area contributed by atoms with Gasteiger partial charge in [-0.3, -0.25) is 4.40 Å². The molecule has 2 heterocycles. The van der Waals surface area contributed by atoms with Gasteiger partial charge in [-0.1, -0.05) is 188 Å². The van der Waals surface area contributed by atoms with Gasteiger partial charge in [0.25, 0.3) is 0 Å². The summed E-state index contributed by atoms with van der Waals surface area (Å²) >= 11 is 0. The Morgan fingerprint density at radius 3 is 1.40 bits per heavy atom. The van der Waals surface area contributed by atoms with Gasteiger partial charge in [-0.15, -0.1) is 0 Å². The molecule has 0 saturated carbocycles. The van der Waals surface area contributed by atoms with Crippen molar-refractivity contribution in [1.82, 2.24) is 4.40 Å². The summed E-state index contributed by atoms with van der Waals surface area (Å²) in [6.45, 7) is 0. The summed E-state index contributed by atoms with van der Waals surface area (Å²) < 4.78 is 9.28. The Morgan fingerprint density at radius 2 is 0.785 bits per heavy atom. The van der Waals surface area contributed by atoms with Crippen LogP contribution in [0.2, 0.25) is 0 Å². The second-order valence-electron chi connectivity index (χ2n) is 16.9. The van der Waals surface area contributed by atoms with Crippen LogP contribution in [0.4, 0.5) is 17.1 Å². The van der Waals surface area contributed by atoms with E-state index in [2.05, 4.69) is 252 Å². The third kappa shape index (κ3) is 6.05. The number of hydrogen-bond donors (Lipinski definition) is 0. The van der Waals surface area contributed by atoms with Crippen LogP contribution in [-0.4, -0.2) is 4.40 Å². The van der Waals surface area contributed by atoms with Crippen LogP contribution in [0.5, 0.6) is 0 Å². The maximum atomic E-state index is 6.99. The molecule has 0 aliphatic rings. The van der Waals surface area contributed by atoms with E-state index in [1.807, 2.05) is 0 Å². The highest BCUT2D eigenvalue weighted by molar-refractivity contribution is 6.26. The molecule has 13 aromatic rings. The van der Waals surface area contributed by atoms with Crippen LogP contribution in [0.1, 0.15) is 0 Å². The highest BCUT2D eigenvalue weighted by Gasteiger charge is 2.22. The summed E-state index contributed by atoms with van der Waals surface area (Å²) in [4.78, 5) is 2.42. The summed E-state index contributed by atoms with van der Waals surface area (Å²) in [6.07, 6.45) is 0. The van der Waals surface area contributed by atoms with Crippen LogP contribution < -0.4 is 4.90 Å². The van der Waals surface area contributed by atoms with Gasteiger partial charge < -0.3 is 9.32 Å². The molecule has 3 nitrogen and oxygen atoms in total. The zero-order valence-corrected chi connectivity index (χ0v) is 35.4. The van der Waals surface area contributed by atoms with E-state index in [1.54, 1.807) is 0 Å². The van der Waals surface area contributed by atoms with Crippen LogP contribution in [-0.2, 0) is 0 Å². The Bertz CT molecular complexity index is 3830. The van der Waals surface area contributed by atoms with Gasteiger partial charge in [-0.25, -0.2) is 0 Å². The molecule has 13 rings (SSSR count). The van der Waals surface area contributed by atoms with Crippen molar-refractivity contribution in [1.29, 1.82) is 0 Å². The molecule has 0 bridgehead atoms. The number of oxazole rings is 1. The van der Waals surface area contributed by atoms with Crippen molar-refractivity contribution in [2.75, 3.05) is 4.90 Å². The summed E-state index contributed by atoms with van der Waals surface area (Å²) in [6, 6.07) is 87.7. The number of nitrogens with zero attached hydrogens (tertiary/aromatic N) is 2. The van der Waals surface area contributed by atoms with Crippen LogP contribution in [0.25, 0.3) is 105 Å². The molecule has 0 aliphatic heterocycles. The standard InChI is InChI=1S/C62H40N2O/c1-4-17-41(18-5-1)45-37-46(42-19-6-2-7-20-42)39-49(38-45)63(48-35-36-55-53-25-11-10-23-51(53)52-24-12-13-26-54(52)57(55)40-48)47-33-31-43(32-34-47)50-28-16-30-59-61(50)65-62-60(44-21-8-3-9-22-44)56-27-14-15-29-58(56)64(59)62/h1-40H. The van der Waals surface area contributed by atoms with Gasteiger partial charge in [-0.05, 0) is 120 Å². The zero-order valence-electron chi connectivity index (χ0n) is 35.4. The highest BCUT2D eigenvalue weighted by Crippen LogP contribution is 2.45. The first-order valence-electron chi connectivity index (χ1n) is 22.2. The Labute approximate surface area is 376 Å². The number of hydrogen-bond acceptors (Lipinski definition) is 2. The van der Waals surface area contributed by atoms with Gasteiger partial charge in [0.1, 0.15) is 0 Å². The van der Waals surface area contributed by atoms with E-state index in [4.69, 9.17) is 4.42 Å². The van der Waals surface area contributed by atoms with Crippen molar-refractivity contribution >= 4 is 77.1 Å². The lowest BCUT2D eigenvalue weighted by Gasteiger charge is -2.28. The summed E-state index contributed by atoms with van der Waals surface area (Å²) in [5.41, 5.74) is 16.1. The van der Waals surface area contributed by atoms with Crippen molar-refractivity contribution in [2.45, 2.75) is 0 Å². The molecule has 0 spiro atoms. The van der Waals surface area contributed by atoms with Crippen molar-refractivity contribution < 1.29 is 4.42 Å². The minimum atomic E-state index is 0.853. The van der Waals surface area contributed by atoms with Crippen molar-refractivity contribution in [3.63, 3.8) is 0 Å². The third-order valence-corrected chi connectivity index (χ3v) is 13.1. The fourth-order valence-electron chi connectivity index (χ4n) is 10.2. The van der Waals surface area contributed by atoms with Crippen molar-refractivity contribution in [2.24, 2.45) is 0 Å². The largest absolute Gasteiger partial charge is 0.437 e. The average Bonchev–Trinajstić information content (AvgIpc) is 3.92. The lowest BCUT2D eigenvalue weighted by molar-refractivity contribution is 0.659. The summed E-state index contributed by atoms with van der Waals surface area (Å²) in [7, 11) is 0. The third-order valence-electron chi connectivity index (χ3n) is 13.1. The fraction of sp³-hybridized carbons (Fsp3) is 0. The summed E-state index contributed by atoms with van der Waals surface area (Å²) in [5.74, 6) is 0. The molecule has 0 amide bonds. The van der Waals surface area contributed by atoms with Crippen LogP contribution >= 0.6 is 0 Å². The van der Waals surface area contributed by atoms with Crippen molar-refractivity contribution in [3.05, 3.63) is 243 Å². The average molecular weight is 829 g/mol. The molecule has 0 N–H and O–H groups in total. The van der Waals surface area contributed by atoms with E-state index in [9.17, 15) is 0 Å². The number of rotatable bonds is 7. The van der Waals surface area contributed by atoms with E-state index >= 15 is 0 Å². The van der Waals surface area contributed by atoms with Gasteiger partial charge in [0.15, 0.2) is 5.58 Å². The molecule has 2 aromatic heterocycles. The SMILES string of the molecule is c1ccc(-c2cc(-c3ccccc3)cc(N(c3ccc(-c4cccc5c4oc4c(-c6ccccc6)c6ccccc6n45)cc3)c3ccc4c5ccccc5c5ccccc5c4c3)c2)cc1. The highest BCUT2D eigenvalue weighted by atomic mass is 16.3. The number of fused-ring (bicyclic) bond motifs is 11. The second kappa shape index (κ2) is 15.0. The minimum Gasteiger partial charge on any atom is -0.437 e. The molecular formula is C62H40N2O. The minimum absolute atomic E-state index is 0.853. The fourth-order valence-corrected chi connectivity index (χ4v) is 10.2. The molecular weight excluding hydrogens is 789 g/mol. The van der Waals surface area contributed by atoms with Gasteiger partial charge in [0, 0.05) is 28.0 Å². The molecule has 65 heavy (non-hydrogen) atoms. The van der Waals surface area contributed by atoms with Crippen LogP contribution in [0.15, 0.2) is 247 Å². The quantitative estimate of drug-likeness (QED) is 0.149. The molecule has 11 aromatic carbocycles. The number of aromatic nitrogens is 1. The van der Waals surface area contributed by atoms with Gasteiger partial charge in [0.2, 0.25) is 5.71 Å². The molecule has 3 heteroatoms. The smallest absolute Gasteiger partial charge is 0.213 e. The lowest BCUT2D eigenvalue weighted by Crippen LogP contribution is -2.10. The number of anilines is 3. The van der Waals surface area contributed by atoms with E-state index in [0.29, 0.717) is 0 Å². The van der Waals surface area contributed by atoms with Crippen LogP contribution in [0.3, 0.4) is 0 Å². The molecule has 0 atom stereocenters. The maximum absolute atomic E-state index is 6.99. The Hall–Kier alpha value is -8.66. The normalized spacial score (nSPS) is 11.7. The predicted octanol–water partition coefficient (Wildman–Crippen LogP) is 17.4. The Balaban J connectivity index is 1.02. The number of benzene rings is 11.